The van der Waals surface area contributed by atoms with E-state index in [2.05, 4.69) is 44.2 Å². The fourth-order valence-corrected chi connectivity index (χ4v) is 3.42. The van der Waals surface area contributed by atoms with Gasteiger partial charge in [-0.2, -0.15) is 0 Å². The highest BCUT2D eigenvalue weighted by molar-refractivity contribution is 6.03. The molecule has 2 aromatic carbocycles. The molecule has 0 aliphatic heterocycles. The minimum atomic E-state index is 0.528. The van der Waals surface area contributed by atoms with E-state index in [1.54, 1.807) is 24.7 Å². The Morgan fingerprint density at radius 3 is 1.31 bits per heavy atom. The molecule has 0 saturated heterocycles. The average molecular weight is 375 g/mol. The van der Waals surface area contributed by atoms with Crippen molar-refractivity contribution in [3.05, 3.63) is 91.4 Å². The van der Waals surface area contributed by atoms with Gasteiger partial charge in [0.2, 0.25) is 0 Å². The number of fused-ring (bicyclic) bond motifs is 6. The van der Waals surface area contributed by atoms with E-state index in [-0.39, 0.29) is 0 Å². The fourth-order valence-electron chi connectivity index (χ4n) is 3.42. The van der Waals surface area contributed by atoms with E-state index in [1.165, 1.54) is 0 Å². The van der Waals surface area contributed by atoms with Gasteiger partial charge in [-0.05, 0) is 30.3 Å². The minimum Gasteiger partial charge on any atom is -0.384 e. The number of hydrogen-bond donors (Lipinski definition) is 1. The quantitative estimate of drug-likeness (QED) is 0.372. The molecule has 0 radical (unpaired) electrons. The summed E-state index contributed by atoms with van der Waals surface area (Å²) < 4.78 is 0. The maximum absolute atomic E-state index is 5.68. The van der Waals surface area contributed by atoms with Gasteiger partial charge in [0.1, 0.15) is 5.82 Å². The minimum absolute atomic E-state index is 0.528. The van der Waals surface area contributed by atoms with E-state index in [0.29, 0.717) is 5.82 Å². The van der Waals surface area contributed by atoms with Crippen molar-refractivity contribution in [3.8, 4) is 0 Å². The first kappa shape index (κ1) is 17.0. The molecule has 0 aliphatic rings. The number of nitrogens with zero attached hydrogens (tertiary/aromatic N) is 4. The van der Waals surface area contributed by atoms with Crippen LogP contribution in [0.15, 0.2) is 91.4 Å². The van der Waals surface area contributed by atoms with Crippen molar-refractivity contribution >= 4 is 49.4 Å². The molecule has 0 amide bonds. The van der Waals surface area contributed by atoms with E-state index in [1.807, 2.05) is 42.5 Å². The summed E-state index contributed by atoms with van der Waals surface area (Å²) in [4.78, 5) is 17.3. The summed E-state index contributed by atoms with van der Waals surface area (Å²) in [7, 11) is 0. The first-order valence-corrected chi connectivity index (χ1v) is 9.28. The Morgan fingerprint density at radius 1 is 0.448 bits per heavy atom. The van der Waals surface area contributed by atoms with Crippen molar-refractivity contribution in [2.75, 3.05) is 5.73 Å². The van der Waals surface area contributed by atoms with Crippen LogP contribution >= 0.6 is 0 Å². The van der Waals surface area contributed by atoms with Gasteiger partial charge in [0, 0.05) is 40.1 Å². The molecule has 0 saturated carbocycles. The molecule has 0 aliphatic carbocycles. The molecule has 29 heavy (non-hydrogen) atoms. The van der Waals surface area contributed by atoms with Crippen LogP contribution in [0.2, 0.25) is 0 Å². The molecule has 0 atom stereocenters. The highest BCUT2D eigenvalue weighted by atomic mass is 14.8. The smallest absolute Gasteiger partial charge is 0.124 e. The van der Waals surface area contributed by atoms with Crippen molar-refractivity contribution < 1.29 is 0 Å². The summed E-state index contributed by atoms with van der Waals surface area (Å²) in [6.07, 6.45) is 5.37. The lowest BCUT2D eigenvalue weighted by Gasteiger charge is -2.02. The number of pyridine rings is 4. The number of aromatic nitrogens is 4. The second kappa shape index (κ2) is 7.13. The van der Waals surface area contributed by atoms with Gasteiger partial charge in [-0.25, -0.2) is 4.98 Å². The molecular weight excluding hydrogens is 358 g/mol. The van der Waals surface area contributed by atoms with Crippen LogP contribution in [0.4, 0.5) is 5.82 Å². The summed E-state index contributed by atoms with van der Waals surface area (Å²) in [5, 5.41) is 4.43. The Hall–Kier alpha value is -4.12. The highest BCUT2D eigenvalue weighted by Gasteiger charge is 2.02. The SMILES string of the molecule is Nc1ccc2ccc3cccnc3c2n1.c1cnc2c(c1)ccc1cccnc12. The largest absolute Gasteiger partial charge is 0.384 e. The number of nitrogen functional groups attached to an aromatic ring is 1. The monoisotopic (exact) mass is 375 g/mol. The number of benzene rings is 2. The lowest BCUT2D eigenvalue weighted by molar-refractivity contribution is 1.37. The summed E-state index contributed by atoms with van der Waals surface area (Å²) in [5.74, 6) is 0.528. The van der Waals surface area contributed by atoms with Crippen LogP contribution < -0.4 is 5.73 Å². The molecule has 4 aromatic heterocycles. The van der Waals surface area contributed by atoms with Gasteiger partial charge in [-0.15, -0.1) is 0 Å². The zero-order valence-corrected chi connectivity index (χ0v) is 15.5. The maximum atomic E-state index is 5.68. The zero-order chi connectivity index (χ0) is 19.6. The van der Waals surface area contributed by atoms with E-state index in [9.17, 15) is 0 Å². The molecule has 0 fully saturated rings. The van der Waals surface area contributed by atoms with E-state index in [0.717, 1.165) is 43.6 Å². The van der Waals surface area contributed by atoms with Gasteiger partial charge in [0.25, 0.3) is 0 Å². The Kier molecular flexibility index (Phi) is 4.18. The Balaban J connectivity index is 0.000000125. The zero-order valence-electron chi connectivity index (χ0n) is 15.5. The van der Waals surface area contributed by atoms with Crippen molar-refractivity contribution in [1.82, 2.24) is 19.9 Å². The number of hydrogen-bond acceptors (Lipinski definition) is 5. The second-order valence-corrected chi connectivity index (χ2v) is 6.66. The Morgan fingerprint density at radius 2 is 0.828 bits per heavy atom. The number of anilines is 1. The summed E-state index contributed by atoms with van der Waals surface area (Å²) in [6, 6.07) is 23.9. The van der Waals surface area contributed by atoms with Gasteiger partial charge in [-0.3, -0.25) is 15.0 Å². The van der Waals surface area contributed by atoms with Gasteiger partial charge in [0.15, 0.2) is 0 Å². The van der Waals surface area contributed by atoms with E-state index >= 15 is 0 Å². The van der Waals surface area contributed by atoms with Crippen LogP contribution in [-0.4, -0.2) is 19.9 Å². The van der Waals surface area contributed by atoms with Crippen LogP contribution in [0.1, 0.15) is 0 Å². The van der Waals surface area contributed by atoms with Crippen LogP contribution in [0.25, 0.3) is 43.6 Å². The topological polar surface area (TPSA) is 77.6 Å². The maximum Gasteiger partial charge on any atom is 0.124 e. The van der Waals surface area contributed by atoms with Crippen LogP contribution in [-0.2, 0) is 0 Å². The van der Waals surface area contributed by atoms with Crippen molar-refractivity contribution in [2.45, 2.75) is 0 Å². The molecule has 138 valence electrons. The fraction of sp³-hybridized carbons (Fsp3) is 0. The molecular formula is C24H17N5. The molecule has 4 heterocycles. The summed E-state index contributed by atoms with van der Waals surface area (Å²) in [5.41, 5.74) is 9.40. The Bertz CT molecular complexity index is 1420. The first-order chi connectivity index (χ1) is 14.3. The second-order valence-electron chi connectivity index (χ2n) is 6.66. The molecule has 0 spiro atoms. The normalized spacial score (nSPS) is 10.9. The van der Waals surface area contributed by atoms with Crippen LogP contribution in [0.3, 0.4) is 0 Å². The van der Waals surface area contributed by atoms with Crippen molar-refractivity contribution in [2.24, 2.45) is 0 Å². The van der Waals surface area contributed by atoms with Crippen molar-refractivity contribution in [3.63, 3.8) is 0 Å². The lowest BCUT2D eigenvalue weighted by atomic mass is 10.1. The predicted molar refractivity (Wildman–Crippen MR) is 119 cm³/mol. The standard InChI is InChI=1S/C12H9N3.C12H8N2/c13-10-6-5-9-4-3-8-2-1-7-14-11(8)12(9)15-10;1-3-9-5-6-10-4-2-8-14-12(10)11(9)13-7-1/h1-7H,(H2,13,15);1-8H. The van der Waals surface area contributed by atoms with Crippen LogP contribution in [0, 0.1) is 0 Å². The van der Waals surface area contributed by atoms with E-state index < -0.39 is 0 Å². The van der Waals surface area contributed by atoms with Gasteiger partial charge < -0.3 is 5.73 Å². The third-order valence-electron chi connectivity index (χ3n) is 4.80. The van der Waals surface area contributed by atoms with Gasteiger partial charge >= 0.3 is 0 Å². The molecule has 5 nitrogen and oxygen atoms in total. The van der Waals surface area contributed by atoms with Crippen molar-refractivity contribution in [1.29, 1.82) is 0 Å². The molecule has 6 aromatic rings. The highest BCUT2D eigenvalue weighted by Crippen LogP contribution is 2.22. The molecule has 5 heteroatoms. The molecule has 2 N–H and O–H groups in total. The van der Waals surface area contributed by atoms with Gasteiger partial charge in [-0.1, -0.05) is 42.5 Å². The van der Waals surface area contributed by atoms with Crippen LogP contribution in [0.5, 0.6) is 0 Å². The average Bonchev–Trinajstić information content (AvgIpc) is 2.79. The molecule has 0 unspecified atom stereocenters. The lowest BCUT2D eigenvalue weighted by Crippen LogP contribution is -1.91. The molecule has 6 rings (SSSR count). The van der Waals surface area contributed by atoms with E-state index in [4.69, 9.17) is 5.73 Å². The third-order valence-corrected chi connectivity index (χ3v) is 4.80. The van der Waals surface area contributed by atoms with Gasteiger partial charge in [0.05, 0.1) is 22.1 Å². The Labute approximate surface area is 166 Å². The predicted octanol–water partition coefficient (Wildman–Crippen LogP) is 5.15. The summed E-state index contributed by atoms with van der Waals surface area (Å²) in [6.45, 7) is 0. The number of rotatable bonds is 0. The first-order valence-electron chi connectivity index (χ1n) is 9.28. The molecule has 0 bridgehead atoms. The number of nitrogens with two attached hydrogens (primary N) is 1. The summed E-state index contributed by atoms with van der Waals surface area (Å²) >= 11 is 0. The third kappa shape index (κ3) is 3.19.